The van der Waals surface area contributed by atoms with E-state index in [2.05, 4.69) is 26.6 Å². The van der Waals surface area contributed by atoms with Gasteiger partial charge in [-0.25, -0.2) is 4.79 Å². The standard InChI is InChI=1S/C15H14BrClN2O2/c1-9(20)10-3-2-4-12(7-10)18-15(21)19-14-8-11(17)5-6-13(14)16/h2-9,20H,1H3,(H2,18,19,21). The third kappa shape index (κ3) is 4.46. The second kappa shape index (κ2) is 6.93. The number of hydrogen-bond donors (Lipinski definition) is 3. The van der Waals surface area contributed by atoms with Crippen molar-refractivity contribution in [3.8, 4) is 0 Å². The Morgan fingerprint density at radius 2 is 2.00 bits per heavy atom. The smallest absolute Gasteiger partial charge is 0.323 e. The van der Waals surface area contributed by atoms with Gasteiger partial charge < -0.3 is 15.7 Å². The van der Waals surface area contributed by atoms with Crippen LogP contribution in [0.25, 0.3) is 0 Å². The van der Waals surface area contributed by atoms with Crippen LogP contribution in [0.3, 0.4) is 0 Å². The van der Waals surface area contributed by atoms with E-state index < -0.39 is 6.10 Å². The van der Waals surface area contributed by atoms with Gasteiger partial charge in [-0.1, -0.05) is 23.7 Å². The molecule has 0 aliphatic heterocycles. The molecule has 0 aliphatic carbocycles. The molecular weight excluding hydrogens is 356 g/mol. The molecule has 1 atom stereocenters. The number of halogens is 2. The lowest BCUT2D eigenvalue weighted by Gasteiger charge is -2.11. The van der Waals surface area contributed by atoms with Crippen LogP contribution in [-0.4, -0.2) is 11.1 Å². The molecule has 2 rings (SSSR count). The molecule has 0 heterocycles. The van der Waals surface area contributed by atoms with Crippen LogP contribution < -0.4 is 10.6 Å². The number of benzene rings is 2. The number of hydrogen-bond acceptors (Lipinski definition) is 2. The van der Waals surface area contributed by atoms with Gasteiger partial charge >= 0.3 is 6.03 Å². The largest absolute Gasteiger partial charge is 0.389 e. The molecule has 110 valence electrons. The van der Waals surface area contributed by atoms with Gasteiger partial charge in [-0.15, -0.1) is 0 Å². The third-order valence-corrected chi connectivity index (χ3v) is 3.73. The number of carbonyl (C=O) groups is 1. The summed E-state index contributed by atoms with van der Waals surface area (Å²) in [5.41, 5.74) is 1.91. The van der Waals surface area contributed by atoms with E-state index in [1.165, 1.54) is 0 Å². The summed E-state index contributed by atoms with van der Waals surface area (Å²) in [6.07, 6.45) is -0.586. The predicted molar refractivity (Wildman–Crippen MR) is 88.9 cm³/mol. The zero-order valence-corrected chi connectivity index (χ0v) is 13.6. The Balaban J connectivity index is 2.08. The summed E-state index contributed by atoms with van der Waals surface area (Å²) in [6, 6.07) is 11.8. The van der Waals surface area contributed by atoms with Crippen LogP contribution in [0.5, 0.6) is 0 Å². The van der Waals surface area contributed by atoms with Crippen molar-refractivity contribution >= 4 is 44.9 Å². The van der Waals surface area contributed by atoms with Crippen molar-refractivity contribution < 1.29 is 9.90 Å². The summed E-state index contributed by atoms with van der Waals surface area (Å²) < 4.78 is 0.736. The van der Waals surface area contributed by atoms with Gasteiger partial charge in [0.05, 0.1) is 11.8 Å². The molecule has 0 aliphatic rings. The Kier molecular flexibility index (Phi) is 5.22. The number of aliphatic hydroxyl groups excluding tert-OH is 1. The number of rotatable bonds is 3. The van der Waals surface area contributed by atoms with Crippen molar-refractivity contribution in [2.24, 2.45) is 0 Å². The first-order chi connectivity index (χ1) is 9.95. The molecule has 3 N–H and O–H groups in total. The summed E-state index contributed by atoms with van der Waals surface area (Å²) in [7, 11) is 0. The van der Waals surface area contributed by atoms with Gasteiger partial charge in [-0.2, -0.15) is 0 Å². The minimum absolute atomic E-state index is 0.388. The van der Waals surface area contributed by atoms with Gasteiger partial charge in [0.15, 0.2) is 0 Å². The van der Waals surface area contributed by atoms with Crippen LogP contribution in [0, 0.1) is 0 Å². The first kappa shape index (κ1) is 15.8. The minimum atomic E-state index is -0.586. The van der Waals surface area contributed by atoms with Crippen LogP contribution in [0.4, 0.5) is 16.2 Å². The number of nitrogens with one attached hydrogen (secondary N) is 2. The Hall–Kier alpha value is -1.56. The van der Waals surface area contributed by atoms with Crippen molar-refractivity contribution in [3.63, 3.8) is 0 Å². The molecule has 2 amide bonds. The maximum atomic E-state index is 12.0. The molecule has 0 spiro atoms. The highest BCUT2D eigenvalue weighted by Crippen LogP contribution is 2.26. The van der Waals surface area contributed by atoms with Crippen molar-refractivity contribution in [1.82, 2.24) is 0 Å². The SMILES string of the molecule is CC(O)c1cccc(NC(=O)Nc2cc(Cl)ccc2Br)c1. The summed E-state index contributed by atoms with van der Waals surface area (Å²) in [5.74, 6) is 0. The van der Waals surface area contributed by atoms with E-state index in [1.54, 1.807) is 49.4 Å². The van der Waals surface area contributed by atoms with E-state index >= 15 is 0 Å². The van der Waals surface area contributed by atoms with Gasteiger partial charge in [-0.05, 0) is 58.7 Å². The summed E-state index contributed by atoms with van der Waals surface area (Å²) in [4.78, 5) is 12.0. The molecule has 0 bridgehead atoms. The van der Waals surface area contributed by atoms with Crippen molar-refractivity contribution in [1.29, 1.82) is 0 Å². The molecule has 0 aromatic heterocycles. The lowest BCUT2D eigenvalue weighted by molar-refractivity contribution is 0.199. The Bertz CT molecular complexity index is 662. The zero-order valence-electron chi connectivity index (χ0n) is 11.2. The van der Waals surface area contributed by atoms with Crippen molar-refractivity contribution in [3.05, 3.63) is 57.5 Å². The van der Waals surface area contributed by atoms with E-state index in [0.29, 0.717) is 16.4 Å². The molecule has 4 nitrogen and oxygen atoms in total. The van der Waals surface area contributed by atoms with Crippen LogP contribution in [0.2, 0.25) is 5.02 Å². The lowest BCUT2D eigenvalue weighted by Crippen LogP contribution is -2.19. The first-order valence-electron chi connectivity index (χ1n) is 6.27. The predicted octanol–water partition coefficient (Wildman–Crippen LogP) is 4.80. The van der Waals surface area contributed by atoms with E-state index in [4.69, 9.17) is 11.6 Å². The topological polar surface area (TPSA) is 61.4 Å². The van der Waals surface area contributed by atoms with Crippen molar-refractivity contribution in [2.75, 3.05) is 10.6 Å². The fourth-order valence-corrected chi connectivity index (χ4v) is 2.27. The number of carbonyl (C=O) groups excluding carboxylic acids is 1. The fourth-order valence-electron chi connectivity index (χ4n) is 1.75. The molecule has 2 aromatic carbocycles. The number of anilines is 2. The molecule has 21 heavy (non-hydrogen) atoms. The maximum absolute atomic E-state index is 12.0. The van der Waals surface area contributed by atoms with E-state index in [-0.39, 0.29) is 6.03 Å². The number of aliphatic hydroxyl groups is 1. The Morgan fingerprint density at radius 3 is 2.71 bits per heavy atom. The molecule has 0 radical (unpaired) electrons. The first-order valence-corrected chi connectivity index (χ1v) is 7.44. The second-order valence-electron chi connectivity index (χ2n) is 4.50. The molecule has 6 heteroatoms. The van der Waals surface area contributed by atoms with E-state index in [1.807, 2.05) is 0 Å². The molecule has 2 aromatic rings. The van der Waals surface area contributed by atoms with Gasteiger partial charge in [0.1, 0.15) is 0 Å². The zero-order chi connectivity index (χ0) is 15.4. The lowest BCUT2D eigenvalue weighted by atomic mass is 10.1. The Labute approximate surface area is 136 Å². The molecule has 0 saturated carbocycles. The van der Waals surface area contributed by atoms with Crippen LogP contribution >= 0.6 is 27.5 Å². The van der Waals surface area contributed by atoms with Gasteiger partial charge in [0.25, 0.3) is 0 Å². The normalized spacial score (nSPS) is 11.8. The average molecular weight is 370 g/mol. The summed E-state index contributed by atoms with van der Waals surface area (Å²) in [6.45, 7) is 1.67. The highest BCUT2D eigenvalue weighted by atomic mass is 79.9. The van der Waals surface area contributed by atoms with E-state index in [9.17, 15) is 9.90 Å². The van der Waals surface area contributed by atoms with Crippen LogP contribution in [0.15, 0.2) is 46.9 Å². The highest BCUT2D eigenvalue weighted by Gasteiger charge is 2.08. The third-order valence-electron chi connectivity index (χ3n) is 2.80. The summed E-state index contributed by atoms with van der Waals surface area (Å²) >= 11 is 9.24. The molecular formula is C15H14BrClN2O2. The highest BCUT2D eigenvalue weighted by molar-refractivity contribution is 9.10. The second-order valence-corrected chi connectivity index (χ2v) is 5.80. The monoisotopic (exact) mass is 368 g/mol. The average Bonchev–Trinajstić information content (AvgIpc) is 2.43. The molecule has 0 saturated heterocycles. The molecule has 0 fully saturated rings. The van der Waals surface area contributed by atoms with Gasteiger partial charge in [0.2, 0.25) is 0 Å². The maximum Gasteiger partial charge on any atom is 0.323 e. The van der Waals surface area contributed by atoms with Gasteiger partial charge in [0, 0.05) is 15.2 Å². The summed E-state index contributed by atoms with van der Waals surface area (Å²) in [5, 5.41) is 15.5. The van der Waals surface area contributed by atoms with E-state index in [0.717, 1.165) is 10.0 Å². The minimum Gasteiger partial charge on any atom is -0.389 e. The van der Waals surface area contributed by atoms with Gasteiger partial charge in [-0.3, -0.25) is 0 Å². The number of amides is 2. The molecule has 1 unspecified atom stereocenters. The number of urea groups is 1. The van der Waals surface area contributed by atoms with Crippen molar-refractivity contribution in [2.45, 2.75) is 13.0 Å². The quantitative estimate of drug-likeness (QED) is 0.728. The van der Waals surface area contributed by atoms with Crippen LogP contribution in [0.1, 0.15) is 18.6 Å². The van der Waals surface area contributed by atoms with Crippen LogP contribution in [-0.2, 0) is 0 Å². The Morgan fingerprint density at radius 1 is 1.24 bits per heavy atom. The fraction of sp³-hybridized carbons (Fsp3) is 0.133.